The van der Waals surface area contributed by atoms with Crippen LogP contribution in [0.15, 0.2) is 24.3 Å². The van der Waals surface area contributed by atoms with Gasteiger partial charge in [0.25, 0.3) is 0 Å². The van der Waals surface area contributed by atoms with Crippen molar-refractivity contribution >= 4 is 5.91 Å². The van der Waals surface area contributed by atoms with Crippen molar-refractivity contribution in [3.8, 4) is 0 Å². The van der Waals surface area contributed by atoms with Crippen LogP contribution < -0.4 is 11.1 Å². The third-order valence-corrected chi connectivity index (χ3v) is 3.95. The molecule has 1 atom stereocenters. The van der Waals surface area contributed by atoms with E-state index >= 15 is 0 Å². The number of carbonyl (C=O) groups excluding carboxylic acids is 1. The van der Waals surface area contributed by atoms with Crippen LogP contribution in [0.25, 0.3) is 0 Å². The summed E-state index contributed by atoms with van der Waals surface area (Å²) in [5.41, 5.74) is 8.58. The van der Waals surface area contributed by atoms with Gasteiger partial charge in [-0.15, -0.1) is 0 Å². The number of amides is 1. The molecule has 4 nitrogen and oxygen atoms in total. The Balaban J connectivity index is 1.97. The number of fused-ring (bicyclic) bond motifs is 1. The first-order chi connectivity index (χ1) is 9.76. The van der Waals surface area contributed by atoms with Crippen LogP contribution in [0.3, 0.4) is 0 Å². The number of rotatable bonds is 6. The zero-order valence-corrected chi connectivity index (χ0v) is 12.3. The topological polar surface area (TPSA) is 58.4 Å². The Morgan fingerprint density at radius 2 is 2.25 bits per heavy atom. The van der Waals surface area contributed by atoms with Gasteiger partial charge in [-0.1, -0.05) is 37.6 Å². The van der Waals surface area contributed by atoms with Gasteiger partial charge in [0.2, 0.25) is 5.91 Å². The quantitative estimate of drug-likeness (QED) is 0.773. The molecule has 3 N–H and O–H groups in total. The molecule has 1 unspecified atom stereocenters. The average molecular weight is 275 g/mol. The highest BCUT2D eigenvalue weighted by molar-refractivity contribution is 5.78. The average Bonchev–Trinajstić information content (AvgIpc) is 2.47. The molecule has 0 aliphatic carbocycles. The zero-order valence-electron chi connectivity index (χ0n) is 12.3. The molecule has 2 rings (SSSR count). The Hall–Kier alpha value is -1.39. The number of hydrogen-bond acceptors (Lipinski definition) is 3. The van der Waals surface area contributed by atoms with E-state index in [2.05, 4.69) is 35.3 Å². The standard InChI is InChI=1S/C16H25N3O/c1-2-3-9-18-16(20)12-19-10-8-13-6-4-5-7-14(13)15(19)11-17/h4-7,15H,2-3,8-12,17H2,1H3,(H,18,20). The summed E-state index contributed by atoms with van der Waals surface area (Å²) in [7, 11) is 0. The molecule has 20 heavy (non-hydrogen) atoms. The Morgan fingerprint density at radius 3 is 3.00 bits per heavy atom. The van der Waals surface area contributed by atoms with E-state index in [4.69, 9.17) is 5.73 Å². The van der Waals surface area contributed by atoms with Crippen LogP contribution in [0.4, 0.5) is 0 Å². The molecule has 0 aromatic heterocycles. The summed E-state index contributed by atoms with van der Waals surface area (Å²) in [6.07, 6.45) is 3.13. The van der Waals surface area contributed by atoms with E-state index in [0.29, 0.717) is 13.1 Å². The van der Waals surface area contributed by atoms with Crippen LogP contribution in [0.1, 0.15) is 36.9 Å². The Morgan fingerprint density at radius 1 is 1.45 bits per heavy atom. The lowest BCUT2D eigenvalue weighted by Crippen LogP contribution is -2.45. The molecule has 0 radical (unpaired) electrons. The number of unbranched alkanes of at least 4 members (excludes halogenated alkanes) is 1. The predicted molar refractivity (Wildman–Crippen MR) is 81.4 cm³/mol. The lowest BCUT2D eigenvalue weighted by Gasteiger charge is -2.36. The van der Waals surface area contributed by atoms with Crippen molar-refractivity contribution in [1.82, 2.24) is 10.2 Å². The highest BCUT2D eigenvalue weighted by Crippen LogP contribution is 2.28. The van der Waals surface area contributed by atoms with Crippen LogP contribution in [0, 0.1) is 0 Å². The van der Waals surface area contributed by atoms with Gasteiger partial charge < -0.3 is 11.1 Å². The van der Waals surface area contributed by atoms with Crippen LogP contribution >= 0.6 is 0 Å². The normalized spacial score (nSPS) is 18.6. The smallest absolute Gasteiger partial charge is 0.234 e. The summed E-state index contributed by atoms with van der Waals surface area (Å²) in [6, 6.07) is 8.58. The maximum Gasteiger partial charge on any atom is 0.234 e. The molecule has 1 aliphatic rings. The van der Waals surface area contributed by atoms with Crippen molar-refractivity contribution in [2.24, 2.45) is 5.73 Å². The first kappa shape index (κ1) is 15.0. The number of benzene rings is 1. The summed E-state index contributed by atoms with van der Waals surface area (Å²) in [5.74, 6) is 0.108. The van der Waals surface area contributed by atoms with Gasteiger partial charge in [-0.2, -0.15) is 0 Å². The molecule has 1 aliphatic heterocycles. The molecule has 0 spiro atoms. The van der Waals surface area contributed by atoms with Gasteiger partial charge in [-0.3, -0.25) is 9.69 Å². The minimum absolute atomic E-state index is 0.108. The number of carbonyl (C=O) groups is 1. The van der Waals surface area contributed by atoms with Gasteiger partial charge in [-0.25, -0.2) is 0 Å². The third-order valence-electron chi connectivity index (χ3n) is 3.95. The molecule has 110 valence electrons. The van der Waals surface area contributed by atoms with E-state index in [-0.39, 0.29) is 11.9 Å². The van der Waals surface area contributed by atoms with E-state index in [1.165, 1.54) is 11.1 Å². The van der Waals surface area contributed by atoms with Crippen molar-refractivity contribution in [2.45, 2.75) is 32.2 Å². The van der Waals surface area contributed by atoms with Crippen LogP contribution in [0.2, 0.25) is 0 Å². The third kappa shape index (κ3) is 3.58. The van der Waals surface area contributed by atoms with Crippen molar-refractivity contribution in [2.75, 3.05) is 26.2 Å². The molecule has 1 amide bonds. The summed E-state index contributed by atoms with van der Waals surface area (Å²) in [5, 5.41) is 2.98. The molecule has 1 heterocycles. The minimum atomic E-state index is 0.108. The fraction of sp³-hybridized carbons (Fsp3) is 0.562. The number of nitrogens with two attached hydrogens (primary N) is 1. The maximum absolute atomic E-state index is 12.0. The van der Waals surface area contributed by atoms with E-state index in [0.717, 1.165) is 32.4 Å². The predicted octanol–water partition coefficient (Wildman–Crippen LogP) is 1.46. The van der Waals surface area contributed by atoms with E-state index < -0.39 is 0 Å². The zero-order chi connectivity index (χ0) is 14.4. The Bertz CT molecular complexity index is 447. The molecule has 0 saturated carbocycles. The van der Waals surface area contributed by atoms with Crippen molar-refractivity contribution < 1.29 is 4.79 Å². The van der Waals surface area contributed by atoms with Crippen molar-refractivity contribution in [1.29, 1.82) is 0 Å². The van der Waals surface area contributed by atoms with Gasteiger partial charge in [-0.05, 0) is 24.0 Å². The molecule has 4 heteroatoms. The molecular formula is C16H25N3O. The molecule has 1 aromatic rings. The number of hydrogen-bond donors (Lipinski definition) is 2. The molecule has 1 aromatic carbocycles. The van der Waals surface area contributed by atoms with Crippen molar-refractivity contribution in [3.05, 3.63) is 35.4 Å². The fourth-order valence-electron chi connectivity index (χ4n) is 2.81. The van der Waals surface area contributed by atoms with Gasteiger partial charge in [0.1, 0.15) is 0 Å². The van der Waals surface area contributed by atoms with Crippen LogP contribution in [-0.4, -0.2) is 37.0 Å². The highest BCUT2D eigenvalue weighted by Gasteiger charge is 2.27. The second-order valence-corrected chi connectivity index (χ2v) is 5.37. The maximum atomic E-state index is 12.0. The van der Waals surface area contributed by atoms with Gasteiger partial charge >= 0.3 is 0 Å². The lowest BCUT2D eigenvalue weighted by atomic mass is 9.92. The number of nitrogens with zero attached hydrogens (tertiary/aromatic N) is 1. The summed E-state index contributed by atoms with van der Waals surface area (Å²) >= 11 is 0. The minimum Gasteiger partial charge on any atom is -0.355 e. The van der Waals surface area contributed by atoms with Crippen LogP contribution in [0.5, 0.6) is 0 Å². The second-order valence-electron chi connectivity index (χ2n) is 5.37. The first-order valence-electron chi connectivity index (χ1n) is 7.55. The largest absolute Gasteiger partial charge is 0.355 e. The highest BCUT2D eigenvalue weighted by atomic mass is 16.2. The molecule has 0 bridgehead atoms. The summed E-state index contributed by atoms with van der Waals surface area (Å²) in [6.45, 7) is 4.80. The van der Waals surface area contributed by atoms with Crippen molar-refractivity contribution in [3.63, 3.8) is 0 Å². The molecular weight excluding hydrogens is 250 g/mol. The fourth-order valence-corrected chi connectivity index (χ4v) is 2.81. The monoisotopic (exact) mass is 275 g/mol. The van der Waals surface area contributed by atoms with E-state index in [1.54, 1.807) is 0 Å². The lowest BCUT2D eigenvalue weighted by molar-refractivity contribution is -0.122. The Labute approximate surface area is 121 Å². The van der Waals surface area contributed by atoms with Gasteiger partial charge in [0, 0.05) is 25.7 Å². The molecule has 0 fully saturated rings. The van der Waals surface area contributed by atoms with Gasteiger partial charge in [0.05, 0.1) is 6.54 Å². The second kappa shape index (κ2) is 7.41. The van der Waals surface area contributed by atoms with Crippen LogP contribution in [-0.2, 0) is 11.2 Å². The summed E-state index contributed by atoms with van der Waals surface area (Å²) < 4.78 is 0. The SMILES string of the molecule is CCCCNC(=O)CN1CCc2ccccc2C1CN. The van der Waals surface area contributed by atoms with Gasteiger partial charge in [0.15, 0.2) is 0 Å². The molecule has 0 saturated heterocycles. The van der Waals surface area contributed by atoms with E-state index in [1.807, 2.05) is 6.07 Å². The Kier molecular flexibility index (Phi) is 5.56. The number of nitrogens with one attached hydrogen (secondary N) is 1. The summed E-state index contributed by atoms with van der Waals surface area (Å²) in [4.78, 5) is 14.2. The first-order valence-corrected chi connectivity index (χ1v) is 7.55. The van der Waals surface area contributed by atoms with E-state index in [9.17, 15) is 4.79 Å².